The van der Waals surface area contributed by atoms with E-state index in [2.05, 4.69) is 37.9 Å². The van der Waals surface area contributed by atoms with Crippen LogP contribution < -0.4 is 5.32 Å². The summed E-state index contributed by atoms with van der Waals surface area (Å²) in [7, 11) is 0. The molecular weight excluding hydrogens is 208 g/mol. The third-order valence-corrected chi connectivity index (χ3v) is 4.23. The minimum atomic E-state index is 0.700. The van der Waals surface area contributed by atoms with E-state index in [9.17, 15) is 0 Å². The van der Waals surface area contributed by atoms with Gasteiger partial charge in [0.1, 0.15) is 0 Å². The Morgan fingerprint density at radius 2 is 1.82 bits per heavy atom. The van der Waals surface area contributed by atoms with Crippen LogP contribution in [0.3, 0.4) is 0 Å². The fourth-order valence-corrected chi connectivity index (χ4v) is 2.80. The van der Waals surface area contributed by atoms with Crippen LogP contribution in [0.15, 0.2) is 0 Å². The van der Waals surface area contributed by atoms with Gasteiger partial charge in [0.05, 0.1) is 0 Å². The molecule has 1 fully saturated rings. The predicted molar refractivity (Wildman–Crippen MR) is 76.4 cm³/mol. The molecule has 102 valence electrons. The van der Waals surface area contributed by atoms with Gasteiger partial charge in [-0.15, -0.1) is 0 Å². The molecule has 1 aliphatic rings. The van der Waals surface area contributed by atoms with Crippen molar-refractivity contribution < 1.29 is 0 Å². The average molecular weight is 240 g/mol. The molecule has 0 aromatic carbocycles. The number of nitrogens with one attached hydrogen (secondary N) is 1. The van der Waals surface area contributed by atoms with Gasteiger partial charge in [0.2, 0.25) is 0 Å². The van der Waals surface area contributed by atoms with Crippen LogP contribution in [0, 0.1) is 11.8 Å². The van der Waals surface area contributed by atoms with Crippen molar-refractivity contribution in [2.45, 2.75) is 59.4 Å². The van der Waals surface area contributed by atoms with Crippen LogP contribution >= 0.6 is 0 Å². The third kappa shape index (κ3) is 5.39. The Balaban J connectivity index is 2.23. The predicted octanol–water partition coefficient (Wildman–Crippen LogP) is 3.13. The maximum Gasteiger partial charge on any atom is 0.0192 e. The molecule has 1 heterocycles. The number of hydrogen-bond acceptors (Lipinski definition) is 2. The maximum absolute atomic E-state index is 3.66. The minimum Gasteiger partial charge on any atom is -0.313 e. The Bertz CT molecular complexity index is 183. The fraction of sp³-hybridized carbons (Fsp3) is 1.00. The lowest BCUT2D eigenvalue weighted by Gasteiger charge is -2.35. The summed E-state index contributed by atoms with van der Waals surface area (Å²) < 4.78 is 0. The van der Waals surface area contributed by atoms with Gasteiger partial charge in [0.25, 0.3) is 0 Å². The smallest absolute Gasteiger partial charge is 0.0192 e. The van der Waals surface area contributed by atoms with Crippen LogP contribution in [0.4, 0.5) is 0 Å². The van der Waals surface area contributed by atoms with Crippen molar-refractivity contribution in [2.75, 3.05) is 26.2 Å². The zero-order valence-corrected chi connectivity index (χ0v) is 12.3. The van der Waals surface area contributed by atoms with Crippen LogP contribution in [-0.2, 0) is 0 Å². The first-order valence-corrected chi connectivity index (χ1v) is 7.63. The van der Waals surface area contributed by atoms with Gasteiger partial charge in [0, 0.05) is 12.6 Å². The highest BCUT2D eigenvalue weighted by molar-refractivity contribution is 4.78. The topological polar surface area (TPSA) is 15.3 Å². The van der Waals surface area contributed by atoms with Crippen molar-refractivity contribution in [2.24, 2.45) is 11.8 Å². The second-order valence-electron chi connectivity index (χ2n) is 5.94. The molecule has 1 aliphatic heterocycles. The molecule has 0 aliphatic carbocycles. The molecule has 0 amide bonds. The van der Waals surface area contributed by atoms with Crippen LogP contribution in [0.25, 0.3) is 0 Å². The zero-order chi connectivity index (χ0) is 12.7. The molecule has 2 heteroatoms. The molecule has 0 radical (unpaired) electrons. The van der Waals surface area contributed by atoms with Gasteiger partial charge >= 0.3 is 0 Å². The van der Waals surface area contributed by atoms with Crippen molar-refractivity contribution in [1.82, 2.24) is 10.2 Å². The molecule has 17 heavy (non-hydrogen) atoms. The maximum atomic E-state index is 3.66. The summed E-state index contributed by atoms with van der Waals surface area (Å²) in [6, 6.07) is 0.700. The van der Waals surface area contributed by atoms with Crippen molar-refractivity contribution in [3.63, 3.8) is 0 Å². The van der Waals surface area contributed by atoms with E-state index >= 15 is 0 Å². The average Bonchev–Trinajstić information content (AvgIpc) is 2.35. The van der Waals surface area contributed by atoms with Crippen LogP contribution in [0.2, 0.25) is 0 Å². The van der Waals surface area contributed by atoms with Crippen molar-refractivity contribution in [3.8, 4) is 0 Å². The molecule has 1 rings (SSSR count). The first-order valence-electron chi connectivity index (χ1n) is 7.63. The molecule has 0 bridgehead atoms. The SMILES string of the molecule is CCCNC(CC)CN1CCC(C(C)C)CC1. The Kier molecular flexibility index (Phi) is 7.14. The van der Waals surface area contributed by atoms with Gasteiger partial charge in [-0.2, -0.15) is 0 Å². The molecule has 1 saturated heterocycles. The first kappa shape index (κ1) is 15.0. The lowest BCUT2D eigenvalue weighted by molar-refractivity contribution is 0.144. The molecule has 1 N–H and O–H groups in total. The van der Waals surface area contributed by atoms with E-state index in [1.807, 2.05) is 0 Å². The van der Waals surface area contributed by atoms with Gasteiger partial charge in [-0.3, -0.25) is 0 Å². The highest BCUT2D eigenvalue weighted by Gasteiger charge is 2.22. The fourth-order valence-electron chi connectivity index (χ4n) is 2.80. The van der Waals surface area contributed by atoms with Gasteiger partial charge in [0.15, 0.2) is 0 Å². The summed E-state index contributed by atoms with van der Waals surface area (Å²) in [6.07, 6.45) is 5.31. The number of likely N-dealkylation sites (tertiary alicyclic amines) is 1. The molecule has 2 nitrogen and oxygen atoms in total. The van der Waals surface area contributed by atoms with Crippen molar-refractivity contribution in [3.05, 3.63) is 0 Å². The van der Waals surface area contributed by atoms with E-state index in [0.717, 1.165) is 11.8 Å². The zero-order valence-electron chi connectivity index (χ0n) is 12.3. The molecule has 1 atom stereocenters. The number of hydrogen-bond donors (Lipinski definition) is 1. The highest BCUT2D eigenvalue weighted by Crippen LogP contribution is 2.24. The molecule has 0 spiro atoms. The van der Waals surface area contributed by atoms with Gasteiger partial charge in [-0.05, 0) is 57.2 Å². The molecule has 0 aromatic heterocycles. The normalized spacial score (nSPS) is 21.0. The summed E-state index contributed by atoms with van der Waals surface area (Å²) in [6.45, 7) is 14.3. The second kappa shape index (κ2) is 8.10. The highest BCUT2D eigenvalue weighted by atomic mass is 15.2. The van der Waals surface area contributed by atoms with E-state index in [-0.39, 0.29) is 0 Å². The Labute approximate surface area is 108 Å². The number of nitrogens with zero attached hydrogens (tertiary/aromatic N) is 1. The van der Waals surface area contributed by atoms with E-state index < -0.39 is 0 Å². The van der Waals surface area contributed by atoms with E-state index in [1.165, 1.54) is 51.9 Å². The van der Waals surface area contributed by atoms with Crippen molar-refractivity contribution in [1.29, 1.82) is 0 Å². The monoisotopic (exact) mass is 240 g/mol. The number of rotatable bonds is 7. The summed E-state index contributed by atoms with van der Waals surface area (Å²) >= 11 is 0. The summed E-state index contributed by atoms with van der Waals surface area (Å²) in [4.78, 5) is 2.66. The minimum absolute atomic E-state index is 0.700. The summed E-state index contributed by atoms with van der Waals surface area (Å²) in [5.41, 5.74) is 0. The van der Waals surface area contributed by atoms with E-state index in [0.29, 0.717) is 6.04 Å². The van der Waals surface area contributed by atoms with Crippen LogP contribution in [-0.4, -0.2) is 37.1 Å². The lowest BCUT2D eigenvalue weighted by Crippen LogP contribution is -2.44. The second-order valence-corrected chi connectivity index (χ2v) is 5.94. The summed E-state index contributed by atoms with van der Waals surface area (Å²) in [5.74, 6) is 1.84. The van der Waals surface area contributed by atoms with Gasteiger partial charge in [-0.1, -0.05) is 27.7 Å². The van der Waals surface area contributed by atoms with E-state index in [4.69, 9.17) is 0 Å². The van der Waals surface area contributed by atoms with Crippen molar-refractivity contribution >= 4 is 0 Å². The first-order chi connectivity index (χ1) is 8.17. The molecular formula is C15H32N2. The Morgan fingerprint density at radius 1 is 1.18 bits per heavy atom. The quantitative estimate of drug-likeness (QED) is 0.735. The molecule has 0 saturated carbocycles. The Hall–Kier alpha value is -0.0800. The molecule has 0 aromatic rings. The standard InChI is InChI=1S/C15H32N2/c1-5-9-16-15(6-2)12-17-10-7-14(8-11-17)13(3)4/h13-16H,5-12H2,1-4H3. The van der Waals surface area contributed by atoms with Crippen LogP contribution in [0.5, 0.6) is 0 Å². The molecule has 1 unspecified atom stereocenters. The summed E-state index contributed by atoms with van der Waals surface area (Å²) in [5, 5.41) is 3.66. The largest absolute Gasteiger partial charge is 0.313 e. The third-order valence-electron chi connectivity index (χ3n) is 4.23. The van der Waals surface area contributed by atoms with Gasteiger partial charge in [-0.25, -0.2) is 0 Å². The van der Waals surface area contributed by atoms with E-state index in [1.54, 1.807) is 0 Å². The van der Waals surface area contributed by atoms with Gasteiger partial charge < -0.3 is 10.2 Å². The Morgan fingerprint density at radius 3 is 2.29 bits per heavy atom. The van der Waals surface area contributed by atoms with Crippen LogP contribution in [0.1, 0.15) is 53.4 Å². The number of piperidine rings is 1. The lowest BCUT2D eigenvalue weighted by atomic mass is 9.86.